The van der Waals surface area contributed by atoms with Gasteiger partial charge in [-0.1, -0.05) is 84.1 Å². The van der Waals surface area contributed by atoms with Gasteiger partial charge < -0.3 is 4.90 Å². The lowest BCUT2D eigenvalue weighted by Gasteiger charge is -2.22. The van der Waals surface area contributed by atoms with E-state index >= 15 is 0 Å². The predicted octanol–water partition coefficient (Wildman–Crippen LogP) is 6.91. The van der Waals surface area contributed by atoms with Crippen molar-refractivity contribution in [1.29, 1.82) is 0 Å². The number of amides is 1. The molecule has 0 aliphatic heterocycles. The highest BCUT2D eigenvalue weighted by Gasteiger charge is 2.15. The number of carbonyl (C=O) groups is 1. The molecule has 138 valence electrons. The monoisotopic (exact) mass is 351 g/mol. The molecule has 0 saturated carbocycles. The molecule has 0 aliphatic rings. The third-order valence-electron chi connectivity index (χ3n) is 4.58. The van der Waals surface area contributed by atoms with Crippen molar-refractivity contribution in [3.63, 3.8) is 0 Å². The summed E-state index contributed by atoms with van der Waals surface area (Å²) in [6.45, 7) is 6.36. The lowest BCUT2D eigenvalue weighted by Crippen LogP contribution is -2.32. The van der Waals surface area contributed by atoms with Gasteiger partial charge in [-0.25, -0.2) is 0 Å². The van der Waals surface area contributed by atoms with Crippen LogP contribution < -0.4 is 0 Å². The molecule has 0 aliphatic carbocycles. The highest BCUT2D eigenvalue weighted by molar-refractivity contribution is 7.12. The lowest BCUT2D eigenvalue weighted by molar-refractivity contribution is 0.0754. The second-order valence-electron chi connectivity index (χ2n) is 6.81. The summed E-state index contributed by atoms with van der Waals surface area (Å²) in [5, 5.41) is 2.00. The van der Waals surface area contributed by atoms with Crippen LogP contribution >= 0.6 is 11.3 Å². The highest BCUT2D eigenvalue weighted by atomic mass is 32.1. The average Bonchev–Trinajstić information content (AvgIpc) is 3.13. The van der Waals surface area contributed by atoms with E-state index in [2.05, 4.69) is 18.7 Å². The Balaban J connectivity index is 2.31. The molecule has 0 unspecified atom stereocenters. The number of rotatable bonds is 15. The normalized spacial score (nSPS) is 10.9. The molecular formula is C21H37NOS. The van der Waals surface area contributed by atoms with Crippen molar-refractivity contribution in [2.24, 2.45) is 0 Å². The van der Waals surface area contributed by atoms with Gasteiger partial charge in [-0.3, -0.25) is 4.79 Å². The average molecular weight is 352 g/mol. The van der Waals surface area contributed by atoms with Crippen molar-refractivity contribution in [1.82, 2.24) is 4.90 Å². The Bertz CT molecular complexity index is 386. The molecule has 0 radical (unpaired) electrons. The zero-order valence-corrected chi connectivity index (χ0v) is 16.7. The van der Waals surface area contributed by atoms with Crippen LogP contribution in [0.1, 0.15) is 101 Å². The van der Waals surface area contributed by atoms with Crippen LogP contribution in [0.15, 0.2) is 17.5 Å². The van der Waals surface area contributed by atoms with Gasteiger partial charge in [0.15, 0.2) is 0 Å². The number of hydrogen-bond donors (Lipinski definition) is 0. The minimum Gasteiger partial charge on any atom is -0.338 e. The molecule has 3 heteroatoms. The Kier molecular flexibility index (Phi) is 12.8. The predicted molar refractivity (Wildman–Crippen MR) is 107 cm³/mol. The van der Waals surface area contributed by atoms with Gasteiger partial charge >= 0.3 is 0 Å². The maximum absolute atomic E-state index is 12.7. The van der Waals surface area contributed by atoms with Gasteiger partial charge in [0.05, 0.1) is 4.88 Å². The van der Waals surface area contributed by atoms with Crippen molar-refractivity contribution in [3.05, 3.63) is 22.4 Å². The van der Waals surface area contributed by atoms with E-state index in [1.807, 2.05) is 17.5 Å². The Morgan fingerprint density at radius 1 is 0.833 bits per heavy atom. The third kappa shape index (κ3) is 9.46. The molecule has 1 heterocycles. The molecule has 24 heavy (non-hydrogen) atoms. The van der Waals surface area contributed by atoms with E-state index in [0.29, 0.717) is 0 Å². The second-order valence-corrected chi connectivity index (χ2v) is 7.75. The van der Waals surface area contributed by atoms with E-state index in [1.165, 1.54) is 64.2 Å². The van der Waals surface area contributed by atoms with Crippen LogP contribution in [0.25, 0.3) is 0 Å². The molecule has 0 aromatic carbocycles. The Labute approximate surface area is 153 Å². The summed E-state index contributed by atoms with van der Waals surface area (Å²) in [5.41, 5.74) is 0. The first-order chi connectivity index (χ1) is 11.8. The van der Waals surface area contributed by atoms with Crippen LogP contribution in [0.5, 0.6) is 0 Å². The molecule has 0 spiro atoms. The maximum atomic E-state index is 12.7. The van der Waals surface area contributed by atoms with Crippen LogP contribution in [-0.4, -0.2) is 23.9 Å². The zero-order chi connectivity index (χ0) is 17.5. The van der Waals surface area contributed by atoms with Crippen molar-refractivity contribution >= 4 is 17.2 Å². The number of nitrogens with zero attached hydrogens (tertiary/aromatic N) is 1. The summed E-state index contributed by atoms with van der Waals surface area (Å²) in [6, 6.07) is 3.94. The summed E-state index contributed by atoms with van der Waals surface area (Å²) in [4.78, 5) is 15.7. The first-order valence-corrected chi connectivity index (χ1v) is 11.0. The number of carbonyl (C=O) groups excluding carboxylic acids is 1. The summed E-state index contributed by atoms with van der Waals surface area (Å²) >= 11 is 1.57. The standard InChI is InChI=1S/C21H37NOS/c1-3-5-7-9-11-13-17-22(18-14-12-10-8-6-4-2)21(23)20-16-15-19-24-20/h15-16,19H,3-14,17-18H2,1-2H3. The first-order valence-electron chi connectivity index (χ1n) is 10.1. The molecule has 1 rings (SSSR count). The molecule has 1 aromatic rings. The van der Waals surface area contributed by atoms with Crippen LogP contribution in [0.3, 0.4) is 0 Å². The van der Waals surface area contributed by atoms with Crippen LogP contribution in [0.4, 0.5) is 0 Å². The fourth-order valence-electron chi connectivity index (χ4n) is 3.04. The van der Waals surface area contributed by atoms with Gasteiger partial charge in [-0.2, -0.15) is 0 Å². The number of unbranched alkanes of at least 4 members (excludes halogenated alkanes) is 10. The first kappa shape index (κ1) is 21.2. The van der Waals surface area contributed by atoms with Gasteiger partial charge in [0, 0.05) is 13.1 Å². The molecule has 0 N–H and O–H groups in total. The Hall–Kier alpha value is -0.830. The zero-order valence-electron chi connectivity index (χ0n) is 15.9. The van der Waals surface area contributed by atoms with Crippen molar-refractivity contribution < 1.29 is 4.79 Å². The summed E-state index contributed by atoms with van der Waals surface area (Å²) < 4.78 is 0. The molecular weight excluding hydrogens is 314 g/mol. The van der Waals surface area contributed by atoms with Crippen LogP contribution in [-0.2, 0) is 0 Å². The van der Waals surface area contributed by atoms with E-state index in [9.17, 15) is 4.79 Å². The summed E-state index contributed by atoms with van der Waals surface area (Å²) in [5.74, 6) is 0.243. The molecule has 0 bridgehead atoms. The van der Waals surface area contributed by atoms with E-state index in [4.69, 9.17) is 0 Å². The fourth-order valence-corrected chi connectivity index (χ4v) is 3.73. The largest absolute Gasteiger partial charge is 0.338 e. The van der Waals surface area contributed by atoms with Gasteiger partial charge in [0.25, 0.3) is 5.91 Å². The minimum absolute atomic E-state index is 0.243. The van der Waals surface area contributed by atoms with E-state index < -0.39 is 0 Å². The molecule has 2 nitrogen and oxygen atoms in total. The van der Waals surface area contributed by atoms with Gasteiger partial charge in [-0.15, -0.1) is 11.3 Å². The fraction of sp³-hybridized carbons (Fsp3) is 0.762. The number of hydrogen-bond acceptors (Lipinski definition) is 2. The number of thiophene rings is 1. The van der Waals surface area contributed by atoms with E-state index in [1.54, 1.807) is 11.3 Å². The Morgan fingerprint density at radius 2 is 1.33 bits per heavy atom. The summed E-state index contributed by atoms with van der Waals surface area (Å²) in [6.07, 6.45) is 15.4. The summed E-state index contributed by atoms with van der Waals surface area (Å²) in [7, 11) is 0. The van der Waals surface area contributed by atoms with Gasteiger partial charge in [0.1, 0.15) is 0 Å². The SMILES string of the molecule is CCCCCCCCN(CCCCCCCC)C(=O)c1cccs1. The van der Waals surface area contributed by atoms with E-state index in [0.717, 1.165) is 30.8 Å². The van der Waals surface area contributed by atoms with E-state index in [-0.39, 0.29) is 5.91 Å². The highest BCUT2D eigenvalue weighted by Crippen LogP contribution is 2.15. The quantitative estimate of drug-likeness (QED) is 0.314. The van der Waals surface area contributed by atoms with Crippen molar-refractivity contribution in [2.45, 2.75) is 90.9 Å². The second kappa shape index (κ2) is 14.5. The van der Waals surface area contributed by atoms with Gasteiger partial charge in [0.2, 0.25) is 0 Å². The van der Waals surface area contributed by atoms with Crippen LogP contribution in [0.2, 0.25) is 0 Å². The molecule has 1 amide bonds. The molecule has 1 aromatic heterocycles. The van der Waals surface area contributed by atoms with Crippen molar-refractivity contribution in [3.8, 4) is 0 Å². The Morgan fingerprint density at radius 3 is 1.79 bits per heavy atom. The lowest BCUT2D eigenvalue weighted by atomic mass is 10.1. The molecule has 0 saturated heterocycles. The molecule has 0 fully saturated rings. The topological polar surface area (TPSA) is 20.3 Å². The maximum Gasteiger partial charge on any atom is 0.263 e. The smallest absolute Gasteiger partial charge is 0.263 e. The van der Waals surface area contributed by atoms with Crippen LogP contribution in [0, 0.1) is 0 Å². The molecule has 0 atom stereocenters. The van der Waals surface area contributed by atoms with Crippen molar-refractivity contribution in [2.75, 3.05) is 13.1 Å². The third-order valence-corrected chi connectivity index (χ3v) is 5.44. The minimum atomic E-state index is 0.243. The van der Waals surface area contributed by atoms with Gasteiger partial charge in [-0.05, 0) is 24.3 Å².